The molecule has 80 valence electrons. The van der Waals surface area contributed by atoms with Crippen molar-refractivity contribution in [3.8, 4) is 11.1 Å². The first-order valence-electron chi connectivity index (χ1n) is 4.88. The van der Waals surface area contributed by atoms with E-state index in [-0.39, 0.29) is 5.82 Å². The lowest BCUT2D eigenvalue weighted by molar-refractivity contribution is 0.112. The number of hydrogen-bond donors (Lipinski definition) is 0. The maximum atomic E-state index is 13.5. The molecule has 0 aliphatic carbocycles. The molecule has 0 bridgehead atoms. The van der Waals surface area contributed by atoms with Crippen LogP contribution in [0.3, 0.4) is 0 Å². The molecule has 1 heterocycles. The van der Waals surface area contributed by atoms with Gasteiger partial charge in [0.25, 0.3) is 0 Å². The standard InChI is InChI=1S/C13H10FNO/c1-9-2-4-11(7-15-9)12-6-10(8-16)3-5-13(12)14/h2-8H,1H3. The number of pyridine rings is 1. The van der Waals surface area contributed by atoms with Crippen LogP contribution in [0, 0.1) is 12.7 Å². The van der Waals surface area contributed by atoms with E-state index in [1.165, 1.54) is 18.2 Å². The van der Waals surface area contributed by atoms with Gasteiger partial charge in [0.05, 0.1) is 0 Å². The molecule has 2 nitrogen and oxygen atoms in total. The van der Waals surface area contributed by atoms with Crippen molar-refractivity contribution in [3.05, 3.63) is 53.6 Å². The van der Waals surface area contributed by atoms with E-state index in [1.54, 1.807) is 12.3 Å². The zero-order valence-electron chi connectivity index (χ0n) is 8.77. The lowest BCUT2D eigenvalue weighted by atomic mass is 10.0. The SMILES string of the molecule is Cc1ccc(-c2cc(C=O)ccc2F)cn1. The Kier molecular flexibility index (Phi) is 2.77. The first-order chi connectivity index (χ1) is 7.70. The Morgan fingerprint density at radius 3 is 2.69 bits per heavy atom. The summed E-state index contributed by atoms with van der Waals surface area (Å²) in [5, 5.41) is 0. The second-order valence-electron chi connectivity index (χ2n) is 3.55. The predicted molar refractivity (Wildman–Crippen MR) is 59.8 cm³/mol. The van der Waals surface area contributed by atoms with Crippen LogP contribution in [0.2, 0.25) is 0 Å². The van der Waals surface area contributed by atoms with Crippen LogP contribution in [0.5, 0.6) is 0 Å². The van der Waals surface area contributed by atoms with Gasteiger partial charge in [-0.25, -0.2) is 4.39 Å². The van der Waals surface area contributed by atoms with E-state index < -0.39 is 0 Å². The summed E-state index contributed by atoms with van der Waals surface area (Å²) < 4.78 is 13.5. The summed E-state index contributed by atoms with van der Waals surface area (Å²) in [6, 6.07) is 7.86. The molecule has 0 aliphatic rings. The van der Waals surface area contributed by atoms with Gasteiger partial charge in [0, 0.05) is 28.6 Å². The van der Waals surface area contributed by atoms with Crippen LogP contribution in [0.15, 0.2) is 36.5 Å². The number of halogens is 1. The van der Waals surface area contributed by atoms with E-state index in [0.717, 1.165) is 5.69 Å². The maximum absolute atomic E-state index is 13.5. The molecule has 16 heavy (non-hydrogen) atoms. The molecule has 0 saturated carbocycles. The maximum Gasteiger partial charge on any atom is 0.150 e. The summed E-state index contributed by atoms with van der Waals surface area (Å²) >= 11 is 0. The number of aromatic nitrogens is 1. The number of nitrogens with zero attached hydrogens (tertiary/aromatic N) is 1. The van der Waals surface area contributed by atoms with Gasteiger partial charge >= 0.3 is 0 Å². The predicted octanol–water partition coefficient (Wildman–Crippen LogP) is 3.01. The van der Waals surface area contributed by atoms with Crippen LogP contribution in [0.25, 0.3) is 11.1 Å². The number of carbonyl (C=O) groups is 1. The minimum Gasteiger partial charge on any atom is -0.298 e. The number of hydrogen-bond acceptors (Lipinski definition) is 2. The normalized spacial score (nSPS) is 10.1. The number of benzene rings is 1. The Balaban J connectivity index is 2.54. The van der Waals surface area contributed by atoms with E-state index in [0.29, 0.717) is 23.0 Å². The molecular formula is C13H10FNO. The Hall–Kier alpha value is -2.03. The molecule has 0 atom stereocenters. The summed E-state index contributed by atoms with van der Waals surface area (Å²) in [6.45, 7) is 1.86. The van der Waals surface area contributed by atoms with Gasteiger partial charge in [0.15, 0.2) is 0 Å². The second kappa shape index (κ2) is 4.23. The average Bonchev–Trinajstić information content (AvgIpc) is 2.31. The van der Waals surface area contributed by atoms with Crippen molar-refractivity contribution in [3.63, 3.8) is 0 Å². The van der Waals surface area contributed by atoms with Gasteiger partial charge in [0.2, 0.25) is 0 Å². The first-order valence-corrected chi connectivity index (χ1v) is 4.88. The highest BCUT2D eigenvalue weighted by atomic mass is 19.1. The zero-order chi connectivity index (χ0) is 11.5. The highest BCUT2D eigenvalue weighted by molar-refractivity contribution is 5.78. The average molecular weight is 215 g/mol. The van der Waals surface area contributed by atoms with E-state index >= 15 is 0 Å². The van der Waals surface area contributed by atoms with Gasteiger partial charge in [-0.05, 0) is 31.2 Å². The number of carbonyl (C=O) groups excluding carboxylic acids is 1. The van der Waals surface area contributed by atoms with Crippen LogP contribution in [0.4, 0.5) is 4.39 Å². The van der Waals surface area contributed by atoms with Crippen molar-refractivity contribution in [1.29, 1.82) is 0 Å². The fourth-order valence-electron chi connectivity index (χ4n) is 1.46. The number of rotatable bonds is 2. The van der Waals surface area contributed by atoms with Crippen molar-refractivity contribution < 1.29 is 9.18 Å². The van der Waals surface area contributed by atoms with Crippen LogP contribution in [-0.2, 0) is 0 Å². The van der Waals surface area contributed by atoms with Gasteiger partial charge < -0.3 is 0 Å². The second-order valence-corrected chi connectivity index (χ2v) is 3.55. The monoisotopic (exact) mass is 215 g/mol. The van der Waals surface area contributed by atoms with E-state index in [1.807, 2.05) is 13.0 Å². The van der Waals surface area contributed by atoms with Crippen molar-refractivity contribution in [2.45, 2.75) is 6.92 Å². The Bertz CT molecular complexity index is 520. The Morgan fingerprint density at radius 1 is 1.25 bits per heavy atom. The molecule has 0 spiro atoms. The quantitative estimate of drug-likeness (QED) is 0.721. The molecule has 0 radical (unpaired) electrons. The molecule has 0 N–H and O–H groups in total. The lowest BCUT2D eigenvalue weighted by Gasteiger charge is -2.04. The molecular weight excluding hydrogens is 205 g/mol. The Morgan fingerprint density at radius 2 is 2.06 bits per heavy atom. The number of aldehydes is 1. The van der Waals surface area contributed by atoms with Crippen LogP contribution in [-0.4, -0.2) is 11.3 Å². The van der Waals surface area contributed by atoms with Gasteiger partial charge in [-0.3, -0.25) is 9.78 Å². The third-order valence-electron chi connectivity index (χ3n) is 2.35. The van der Waals surface area contributed by atoms with Crippen LogP contribution >= 0.6 is 0 Å². The molecule has 2 rings (SSSR count). The molecule has 0 fully saturated rings. The summed E-state index contributed by atoms with van der Waals surface area (Å²) in [4.78, 5) is 14.7. The van der Waals surface area contributed by atoms with Crippen molar-refractivity contribution in [2.75, 3.05) is 0 Å². The van der Waals surface area contributed by atoms with Crippen molar-refractivity contribution >= 4 is 6.29 Å². The van der Waals surface area contributed by atoms with Gasteiger partial charge in [-0.1, -0.05) is 6.07 Å². The molecule has 0 unspecified atom stereocenters. The third-order valence-corrected chi connectivity index (χ3v) is 2.35. The van der Waals surface area contributed by atoms with E-state index in [9.17, 15) is 9.18 Å². The lowest BCUT2D eigenvalue weighted by Crippen LogP contribution is -1.89. The third kappa shape index (κ3) is 1.98. The zero-order valence-corrected chi connectivity index (χ0v) is 8.77. The molecule has 3 heteroatoms. The first kappa shape index (κ1) is 10.5. The van der Waals surface area contributed by atoms with Gasteiger partial charge in [-0.2, -0.15) is 0 Å². The van der Waals surface area contributed by atoms with Crippen LogP contribution < -0.4 is 0 Å². The highest BCUT2D eigenvalue weighted by Crippen LogP contribution is 2.22. The van der Waals surface area contributed by atoms with Crippen molar-refractivity contribution in [2.24, 2.45) is 0 Å². The molecule has 0 amide bonds. The minimum atomic E-state index is -0.351. The summed E-state index contributed by atoms with van der Waals surface area (Å²) in [5.41, 5.74) is 2.40. The molecule has 1 aromatic heterocycles. The molecule has 2 aromatic rings. The largest absolute Gasteiger partial charge is 0.298 e. The summed E-state index contributed by atoms with van der Waals surface area (Å²) in [5.74, 6) is -0.351. The van der Waals surface area contributed by atoms with Gasteiger partial charge in [0.1, 0.15) is 12.1 Å². The summed E-state index contributed by atoms with van der Waals surface area (Å²) in [7, 11) is 0. The number of aryl methyl sites for hydroxylation is 1. The Labute approximate surface area is 92.8 Å². The van der Waals surface area contributed by atoms with Gasteiger partial charge in [-0.15, -0.1) is 0 Å². The van der Waals surface area contributed by atoms with E-state index in [4.69, 9.17) is 0 Å². The molecule has 0 saturated heterocycles. The minimum absolute atomic E-state index is 0.351. The summed E-state index contributed by atoms with van der Waals surface area (Å²) in [6.07, 6.45) is 2.30. The molecule has 0 aliphatic heterocycles. The highest BCUT2D eigenvalue weighted by Gasteiger charge is 2.06. The fourth-order valence-corrected chi connectivity index (χ4v) is 1.46. The smallest absolute Gasteiger partial charge is 0.150 e. The van der Waals surface area contributed by atoms with Crippen LogP contribution in [0.1, 0.15) is 16.1 Å². The van der Waals surface area contributed by atoms with Crippen molar-refractivity contribution in [1.82, 2.24) is 4.98 Å². The molecule has 1 aromatic carbocycles. The van der Waals surface area contributed by atoms with E-state index in [2.05, 4.69) is 4.98 Å². The topological polar surface area (TPSA) is 30.0 Å². The fraction of sp³-hybridized carbons (Fsp3) is 0.0769.